The van der Waals surface area contributed by atoms with Crippen molar-refractivity contribution in [1.29, 1.82) is 0 Å². The fourth-order valence-electron chi connectivity index (χ4n) is 6.36. The van der Waals surface area contributed by atoms with E-state index in [9.17, 15) is 14.4 Å². The number of piperazine rings is 1. The molecule has 0 bridgehead atoms. The molecule has 2 aromatic rings. The summed E-state index contributed by atoms with van der Waals surface area (Å²) in [5.41, 5.74) is 2.91. The summed E-state index contributed by atoms with van der Waals surface area (Å²) in [5.74, 6) is -0.147. The number of nitrogens with zero attached hydrogens (tertiary/aromatic N) is 5. The Hall–Kier alpha value is -2.67. The van der Waals surface area contributed by atoms with Gasteiger partial charge in [0.25, 0.3) is 5.91 Å². The van der Waals surface area contributed by atoms with E-state index in [0.29, 0.717) is 52.0 Å². The number of ether oxygens (including phenoxy) is 1. The molecule has 2 fully saturated rings. The molecule has 45 heavy (non-hydrogen) atoms. The van der Waals surface area contributed by atoms with Gasteiger partial charge >= 0.3 is 12.1 Å². The second kappa shape index (κ2) is 15.8. The summed E-state index contributed by atoms with van der Waals surface area (Å²) in [6.07, 6.45) is 2.10. The fourth-order valence-corrected chi connectivity index (χ4v) is 7.03. The Morgan fingerprint density at radius 1 is 0.956 bits per heavy atom. The van der Waals surface area contributed by atoms with Gasteiger partial charge in [0, 0.05) is 72.9 Å². The van der Waals surface area contributed by atoms with Crippen LogP contribution in [0.2, 0.25) is 0 Å². The molecular weight excluding hydrogens is 704 g/mol. The summed E-state index contributed by atoms with van der Waals surface area (Å²) in [4.78, 5) is 50.4. The maximum atomic E-state index is 13.8. The van der Waals surface area contributed by atoms with Gasteiger partial charge in [-0.1, -0.05) is 24.3 Å². The quantitative estimate of drug-likeness (QED) is 0.393. The lowest BCUT2D eigenvalue weighted by Crippen LogP contribution is -2.54. The third-order valence-corrected chi connectivity index (χ3v) is 10.9. The molecule has 5 rings (SSSR count). The molecule has 2 aromatic carbocycles. The van der Waals surface area contributed by atoms with Gasteiger partial charge in [-0.2, -0.15) is 0 Å². The summed E-state index contributed by atoms with van der Waals surface area (Å²) in [7, 11) is 4.16. The molecule has 0 aliphatic carbocycles. The third-order valence-electron chi connectivity index (χ3n) is 8.99. The molecule has 10 nitrogen and oxygen atoms in total. The van der Waals surface area contributed by atoms with Crippen LogP contribution in [0.5, 0.6) is 0 Å². The average molecular weight is 749 g/mol. The predicted molar refractivity (Wildman–Crippen MR) is 182 cm³/mol. The molecule has 0 spiro atoms. The first kappa shape index (κ1) is 33.7. The summed E-state index contributed by atoms with van der Waals surface area (Å²) in [6.45, 7) is 6.48. The van der Waals surface area contributed by atoms with E-state index in [-0.39, 0.29) is 18.0 Å². The van der Waals surface area contributed by atoms with Crippen LogP contribution < -0.4 is 5.32 Å². The fraction of sp³-hybridized carbons (Fsp3) is 0.545. The van der Waals surface area contributed by atoms with E-state index < -0.39 is 12.2 Å². The number of nitrogens with one attached hydrogen (secondary N) is 1. The van der Waals surface area contributed by atoms with E-state index in [4.69, 9.17) is 4.74 Å². The average Bonchev–Trinajstić information content (AvgIpc) is 3.20. The van der Waals surface area contributed by atoms with Gasteiger partial charge in [-0.05, 0) is 114 Å². The van der Waals surface area contributed by atoms with Crippen LogP contribution in [0.4, 0.5) is 15.3 Å². The van der Waals surface area contributed by atoms with Gasteiger partial charge in [-0.25, -0.2) is 9.59 Å². The molecule has 1 atom stereocenters. The SMILES string of the molecule is CN(C)CCCN1CCN(C(=O)[C@@H](Cc2ccc(Br)c(Br)c2)OC(=O)N2CCC(N3CCc4ccccc4NC3=O)CC2)CC1. The van der Waals surface area contributed by atoms with Gasteiger partial charge in [0.05, 0.1) is 0 Å². The van der Waals surface area contributed by atoms with Gasteiger partial charge in [-0.15, -0.1) is 0 Å². The van der Waals surface area contributed by atoms with Crippen molar-refractivity contribution in [1.82, 2.24) is 24.5 Å². The Morgan fingerprint density at radius 3 is 2.40 bits per heavy atom. The first-order valence-corrected chi connectivity index (χ1v) is 17.5. The zero-order chi connectivity index (χ0) is 31.9. The lowest BCUT2D eigenvalue weighted by molar-refractivity contribution is -0.142. The molecule has 0 unspecified atom stereocenters. The Kier molecular flexibility index (Phi) is 11.8. The number of hydrogen-bond acceptors (Lipinski definition) is 6. The van der Waals surface area contributed by atoms with E-state index in [1.165, 1.54) is 0 Å². The molecule has 12 heteroatoms. The van der Waals surface area contributed by atoms with Gasteiger partial charge in [-0.3, -0.25) is 9.69 Å². The highest BCUT2D eigenvalue weighted by Gasteiger charge is 2.35. The number of anilines is 1. The van der Waals surface area contributed by atoms with Crippen LogP contribution in [0.1, 0.15) is 30.4 Å². The summed E-state index contributed by atoms with van der Waals surface area (Å²) in [5, 5.41) is 3.05. The minimum absolute atomic E-state index is 0.0370. The predicted octanol–water partition coefficient (Wildman–Crippen LogP) is 4.91. The van der Waals surface area contributed by atoms with Gasteiger partial charge in [0.2, 0.25) is 0 Å². The van der Waals surface area contributed by atoms with E-state index >= 15 is 0 Å². The number of fused-ring (bicyclic) bond motifs is 1. The smallest absolute Gasteiger partial charge is 0.410 e. The number of rotatable bonds is 9. The normalized spacial score (nSPS) is 18.8. The van der Waals surface area contributed by atoms with Crippen LogP contribution in [0.25, 0.3) is 0 Å². The van der Waals surface area contributed by atoms with Crippen molar-refractivity contribution in [2.45, 2.75) is 44.2 Å². The number of carbonyl (C=O) groups is 3. The van der Waals surface area contributed by atoms with Gasteiger partial charge < -0.3 is 29.7 Å². The summed E-state index contributed by atoms with van der Waals surface area (Å²) < 4.78 is 7.82. The number of amides is 4. The Morgan fingerprint density at radius 2 is 1.69 bits per heavy atom. The molecule has 3 aliphatic heterocycles. The van der Waals surface area contributed by atoms with E-state index in [0.717, 1.165) is 64.8 Å². The molecule has 0 radical (unpaired) electrons. The van der Waals surface area contributed by atoms with Gasteiger partial charge in [0.15, 0.2) is 6.10 Å². The lowest BCUT2D eigenvalue weighted by Gasteiger charge is -2.38. The van der Waals surface area contributed by atoms with Crippen LogP contribution in [0.15, 0.2) is 51.4 Å². The Balaban J connectivity index is 1.18. The van der Waals surface area contributed by atoms with Crippen LogP contribution >= 0.6 is 31.9 Å². The number of piperidine rings is 1. The van der Waals surface area contributed by atoms with Crippen molar-refractivity contribution >= 4 is 55.6 Å². The summed E-state index contributed by atoms with van der Waals surface area (Å²) in [6, 6.07) is 13.7. The van der Waals surface area contributed by atoms with E-state index in [1.54, 1.807) is 4.90 Å². The zero-order valence-corrected chi connectivity index (χ0v) is 29.4. The van der Waals surface area contributed by atoms with Crippen LogP contribution in [0.3, 0.4) is 0 Å². The Labute approximate surface area is 283 Å². The molecule has 244 valence electrons. The molecule has 1 N–H and O–H groups in total. The highest BCUT2D eigenvalue weighted by atomic mass is 79.9. The molecular formula is C33H44Br2N6O4. The Bertz CT molecular complexity index is 1340. The number of likely N-dealkylation sites (tertiary alicyclic amines) is 1. The highest BCUT2D eigenvalue weighted by molar-refractivity contribution is 9.13. The van der Waals surface area contributed by atoms with Crippen molar-refractivity contribution < 1.29 is 19.1 Å². The van der Waals surface area contributed by atoms with Crippen molar-refractivity contribution in [3.63, 3.8) is 0 Å². The molecule has 3 aliphatic rings. The zero-order valence-electron chi connectivity index (χ0n) is 26.2. The number of halogens is 2. The molecule has 3 heterocycles. The number of para-hydroxylation sites is 1. The van der Waals surface area contributed by atoms with Crippen LogP contribution in [0, 0.1) is 0 Å². The molecule has 0 saturated carbocycles. The van der Waals surface area contributed by atoms with E-state index in [1.807, 2.05) is 46.2 Å². The first-order valence-electron chi connectivity index (χ1n) is 15.9. The second-order valence-corrected chi connectivity index (χ2v) is 14.1. The monoisotopic (exact) mass is 746 g/mol. The maximum absolute atomic E-state index is 13.8. The second-order valence-electron chi connectivity index (χ2n) is 12.4. The maximum Gasteiger partial charge on any atom is 0.410 e. The minimum atomic E-state index is -0.918. The van der Waals surface area contributed by atoms with Crippen molar-refractivity contribution in [3.05, 3.63) is 62.5 Å². The number of hydrogen-bond donors (Lipinski definition) is 1. The molecule has 4 amide bonds. The topological polar surface area (TPSA) is 88.7 Å². The number of benzene rings is 2. The molecule has 2 saturated heterocycles. The largest absolute Gasteiger partial charge is 0.436 e. The number of urea groups is 1. The van der Waals surface area contributed by atoms with Crippen molar-refractivity contribution in [2.24, 2.45) is 0 Å². The van der Waals surface area contributed by atoms with Gasteiger partial charge in [0.1, 0.15) is 0 Å². The first-order chi connectivity index (χ1) is 21.7. The highest BCUT2D eigenvalue weighted by Crippen LogP contribution is 2.27. The summed E-state index contributed by atoms with van der Waals surface area (Å²) >= 11 is 7.07. The van der Waals surface area contributed by atoms with Crippen LogP contribution in [-0.2, 0) is 22.4 Å². The molecule has 0 aromatic heterocycles. The lowest BCUT2D eigenvalue weighted by atomic mass is 10.0. The number of carbonyl (C=O) groups excluding carboxylic acids is 3. The standard InChI is InChI=1S/C33H44Br2N6O4/c1-37(2)13-5-14-38-18-20-39(21-19-38)31(42)30(23-24-8-9-27(34)28(35)22-24)45-33(44)40-15-11-26(12-16-40)41-17-10-25-6-3-4-7-29(25)36-32(41)43/h3-4,6-9,22,26,30H,5,10-21,23H2,1-2H3,(H,36,43)/t30-/m1/s1. The van der Waals surface area contributed by atoms with E-state index in [2.05, 4.69) is 67.1 Å². The van der Waals surface area contributed by atoms with Crippen molar-refractivity contribution in [2.75, 3.05) is 78.3 Å². The minimum Gasteiger partial charge on any atom is -0.436 e. The van der Waals surface area contributed by atoms with Crippen molar-refractivity contribution in [3.8, 4) is 0 Å². The third kappa shape index (κ3) is 8.99. The van der Waals surface area contributed by atoms with Crippen LogP contribution in [-0.4, -0.2) is 128 Å².